The Labute approximate surface area is 260 Å². The quantitative estimate of drug-likeness (QED) is 0.362. The van der Waals surface area contributed by atoms with Crippen LogP contribution in [-0.4, -0.2) is 66.8 Å². The van der Waals surface area contributed by atoms with E-state index >= 15 is 0 Å². The lowest BCUT2D eigenvalue weighted by molar-refractivity contribution is 0.0403. The molecule has 11 heteroatoms. The summed E-state index contributed by atoms with van der Waals surface area (Å²) in [6, 6.07) is 15.5. The highest BCUT2D eigenvalue weighted by Gasteiger charge is 2.51. The Hall–Kier alpha value is -4.01. The molecule has 1 amide bonds. The van der Waals surface area contributed by atoms with Crippen molar-refractivity contribution in [1.29, 1.82) is 5.26 Å². The van der Waals surface area contributed by atoms with Gasteiger partial charge in [-0.25, -0.2) is 4.79 Å². The normalized spacial score (nSPS) is 24.2. The number of alkyl carbamates (subject to hydrolysis) is 1. The summed E-state index contributed by atoms with van der Waals surface area (Å²) < 4.78 is 35.7. The Bertz CT molecular complexity index is 1580. The van der Waals surface area contributed by atoms with Gasteiger partial charge in [-0.2, -0.15) is 18.8 Å². The van der Waals surface area contributed by atoms with Crippen molar-refractivity contribution in [1.82, 2.24) is 15.3 Å². The van der Waals surface area contributed by atoms with E-state index in [0.29, 0.717) is 18.6 Å². The van der Waals surface area contributed by atoms with Crippen LogP contribution in [0.25, 0.3) is 0 Å². The third kappa shape index (κ3) is 8.33. The number of benzene rings is 1. The van der Waals surface area contributed by atoms with Gasteiger partial charge in [-0.1, -0.05) is 48.6 Å². The summed E-state index contributed by atoms with van der Waals surface area (Å²) in [4.78, 5) is 17.2. The van der Waals surface area contributed by atoms with Gasteiger partial charge in [0, 0.05) is 12.4 Å². The molecule has 3 unspecified atom stereocenters. The summed E-state index contributed by atoms with van der Waals surface area (Å²) in [5.41, 5.74) is 1.02. The van der Waals surface area contributed by atoms with Crippen LogP contribution >= 0.6 is 0 Å². The molecule has 4 rings (SSSR count). The van der Waals surface area contributed by atoms with Gasteiger partial charge in [0.15, 0.2) is 0 Å². The predicted octanol–water partition coefficient (Wildman–Crippen LogP) is 5.12. The van der Waals surface area contributed by atoms with Gasteiger partial charge in [-0.05, 0) is 76.3 Å². The summed E-state index contributed by atoms with van der Waals surface area (Å²) in [5.74, 6) is -0.438. The summed E-state index contributed by atoms with van der Waals surface area (Å²) >= 11 is 0. The minimum atomic E-state index is -3.81. The average molecular weight is 620 g/mol. The van der Waals surface area contributed by atoms with E-state index in [4.69, 9.17) is 14.0 Å². The largest absolute Gasteiger partial charge is 0.444 e. The number of pyridine rings is 1. The Morgan fingerprint density at radius 3 is 2.48 bits per heavy atom. The molecule has 1 N–H and O–H groups in total. The molecule has 4 atom stereocenters. The molecule has 0 bridgehead atoms. The molecule has 1 aliphatic carbocycles. The number of hydrazone groups is 1. The van der Waals surface area contributed by atoms with Crippen molar-refractivity contribution in [3.63, 3.8) is 0 Å². The van der Waals surface area contributed by atoms with Gasteiger partial charge >= 0.3 is 6.09 Å². The standard InChI is InChI=1S/C33H41N5O5S/c1-31(2,3)43-30(39)36-27(19-24-11-8-7-9-12-24)21-38-33(5,23-42-44(6,40)41)28(25-14-17-35-18-15-25)29(37-38)26-13-10-16-32(4,20-26)22-34/h7-18,27-28H,19-21,23H2,1-6H3,(H,36,39)/t27-,28?,32?,33?/m0/s1. The topological polar surface area (TPSA) is 134 Å². The molecule has 1 aromatic carbocycles. The number of amides is 1. The minimum absolute atomic E-state index is 0.199. The van der Waals surface area contributed by atoms with Crippen LogP contribution in [0.4, 0.5) is 4.79 Å². The second-order valence-electron chi connectivity index (χ2n) is 12.9. The van der Waals surface area contributed by atoms with E-state index in [1.807, 2.05) is 79.5 Å². The van der Waals surface area contributed by atoms with E-state index in [9.17, 15) is 18.5 Å². The Morgan fingerprint density at radius 2 is 1.86 bits per heavy atom. The molecule has 234 valence electrons. The van der Waals surface area contributed by atoms with Gasteiger partial charge in [-0.15, -0.1) is 0 Å². The zero-order chi connectivity index (χ0) is 32.2. The van der Waals surface area contributed by atoms with Crippen molar-refractivity contribution >= 4 is 21.9 Å². The Morgan fingerprint density at radius 1 is 1.18 bits per heavy atom. The highest BCUT2D eigenvalue weighted by molar-refractivity contribution is 7.85. The first-order valence-corrected chi connectivity index (χ1v) is 16.4. The van der Waals surface area contributed by atoms with Crippen molar-refractivity contribution in [3.05, 3.63) is 89.8 Å². The van der Waals surface area contributed by atoms with E-state index in [2.05, 4.69) is 16.4 Å². The molecule has 0 fully saturated rings. The van der Waals surface area contributed by atoms with Gasteiger partial charge in [0.2, 0.25) is 0 Å². The fourth-order valence-corrected chi connectivity index (χ4v) is 6.04. The third-order valence-corrected chi connectivity index (χ3v) is 8.21. The predicted molar refractivity (Wildman–Crippen MR) is 169 cm³/mol. The number of hydrogen-bond acceptors (Lipinski definition) is 9. The number of ether oxygens (including phenoxy) is 1. The zero-order valence-electron chi connectivity index (χ0n) is 26.1. The Kier molecular flexibility index (Phi) is 9.66. The highest BCUT2D eigenvalue weighted by atomic mass is 32.2. The highest BCUT2D eigenvalue weighted by Crippen LogP contribution is 2.45. The van der Waals surface area contributed by atoms with E-state index in [0.717, 1.165) is 23.0 Å². The maximum absolute atomic E-state index is 13.0. The van der Waals surface area contributed by atoms with E-state index in [-0.39, 0.29) is 13.2 Å². The molecule has 10 nitrogen and oxygen atoms in total. The first kappa shape index (κ1) is 32.9. The summed E-state index contributed by atoms with van der Waals surface area (Å²) in [6.07, 6.45) is 10.4. The van der Waals surface area contributed by atoms with Crippen molar-refractivity contribution in [2.75, 3.05) is 19.4 Å². The van der Waals surface area contributed by atoms with Crippen LogP contribution in [0.3, 0.4) is 0 Å². The molecular weight excluding hydrogens is 578 g/mol. The van der Waals surface area contributed by atoms with Crippen LogP contribution in [-0.2, 0) is 25.5 Å². The number of carbonyl (C=O) groups is 1. The SMILES string of the molecule is CC1(C#N)C=CC=C(C2=NN(C[C@H](Cc3ccccc3)NC(=O)OC(C)(C)C)C(C)(COS(C)(=O)=O)C2c2ccncc2)C1. The molecular formula is C33H41N5O5S. The zero-order valence-corrected chi connectivity index (χ0v) is 27.0. The molecule has 1 aromatic heterocycles. The fraction of sp³-hybridized carbons (Fsp3) is 0.455. The lowest BCUT2D eigenvalue weighted by atomic mass is 9.72. The van der Waals surface area contributed by atoms with Gasteiger partial charge in [0.1, 0.15) is 5.60 Å². The summed E-state index contributed by atoms with van der Waals surface area (Å²) in [7, 11) is -3.81. The molecule has 0 spiro atoms. The molecule has 1 aliphatic heterocycles. The lowest BCUT2D eigenvalue weighted by Crippen LogP contribution is -2.54. The molecule has 44 heavy (non-hydrogen) atoms. The molecule has 0 saturated carbocycles. The number of nitriles is 1. The molecule has 2 heterocycles. The van der Waals surface area contributed by atoms with Crippen LogP contribution < -0.4 is 5.32 Å². The van der Waals surface area contributed by atoms with Crippen LogP contribution in [0, 0.1) is 16.7 Å². The number of carbonyl (C=O) groups excluding carboxylic acids is 1. The van der Waals surface area contributed by atoms with Crippen LogP contribution in [0.5, 0.6) is 0 Å². The summed E-state index contributed by atoms with van der Waals surface area (Å²) in [5, 5.41) is 19.9. The Balaban J connectivity index is 1.80. The second-order valence-corrected chi connectivity index (χ2v) is 14.5. The molecule has 2 aliphatic rings. The van der Waals surface area contributed by atoms with Crippen LogP contribution in [0.2, 0.25) is 0 Å². The fourth-order valence-electron chi connectivity index (χ4n) is 5.59. The van der Waals surface area contributed by atoms with Gasteiger partial charge in [0.25, 0.3) is 10.1 Å². The number of hydrogen-bond donors (Lipinski definition) is 1. The van der Waals surface area contributed by atoms with Crippen LogP contribution in [0.15, 0.2) is 83.8 Å². The first-order chi connectivity index (χ1) is 20.6. The van der Waals surface area contributed by atoms with E-state index in [1.165, 1.54) is 0 Å². The molecule has 2 aromatic rings. The number of nitrogens with zero attached hydrogens (tertiary/aromatic N) is 4. The number of nitrogens with one attached hydrogen (secondary N) is 1. The minimum Gasteiger partial charge on any atom is -0.444 e. The van der Waals surface area contributed by atoms with Crippen molar-refractivity contribution < 1.29 is 22.1 Å². The monoisotopic (exact) mass is 619 g/mol. The van der Waals surface area contributed by atoms with Crippen LogP contribution in [0.1, 0.15) is 58.1 Å². The number of aromatic nitrogens is 1. The maximum atomic E-state index is 13.0. The molecule has 0 radical (unpaired) electrons. The molecule has 0 saturated heterocycles. The maximum Gasteiger partial charge on any atom is 0.407 e. The van der Waals surface area contributed by atoms with Crippen molar-refractivity contribution in [3.8, 4) is 6.07 Å². The van der Waals surface area contributed by atoms with Gasteiger partial charge in [0.05, 0.1) is 54.1 Å². The number of rotatable bonds is 10. The van der Waals surface area contributed by atoms with Crippen molar-refractivity contribution in [2.45, 2.75) is 70.6 Å². The van der Waals surface area contributed by atoms with E-state index in [1.54, 1.807) is 33.2 Å². The smallest absolute Gasteiger partial charge is 0.407 e. The third-order valence-electron chi connectivity index (χ3n) is 7.66. The van der Waals surface area contributed by atoms with Gasteiger partial charge < -0.3 is 10.1 Å². The summed E-state index contributed by atoms with van der Waals surface area (Å²) in [6.45, 7) is 9.21. The number of allylic oxidation sites excluding steroid dienone is 4. The van der Waals surface area contributed by atoms with Gasteiger partial charge in [-0.3, -0.25) is 14.2 Å². The first-order valence-electron chi connectivity index (χ1n) is 14.5. The average Bonchev–Trinajstić information content (AvgIpc) is 3.23. The van der Waals surface area contributed by atoms with Crippen molar-refractivity contribution in [2.24, 2.45) is 10.5 Å². The second kappa shape index (κ2) is 12.9. The van der Waals surface area contributed by atoms with E-state index < -0.39 is 44.7 Å². The lowest BCUT2D eigenvalue weighted by Gasteiger charge is -2.40.